The molecule has 1 atom stereocenters. The fraction of sp³-hybridized carbons (Fsp3) is 0.130. The highest BCUT2D eigenvalue weighted by Crippen LogP contribution is 2.29. The Kier molecular flexibility index (Phi) is 7.23. The fourth-order valence-electron chi connectivity index (χ4n) is 3.21. The van der Waals surface area contributed by atoms with E-state index in [1.165, 1.54) is 7.11 Å². The molecule has 1 N–H and O–H groups in total. The number of nitrogens with one attached hydrogen (secondary N) is 1. The summed E-state index contributed by atoms with van der Waals surface area (Å²) in [6.07, 6.45) is 0. The SMILES string of the molecule is COC(=O)[C@@H](NC(=O)c1cc(Br)cc(Br)c1)C(c1ccccc1)c1ccccc1. The molecule has 0 fully saturated rings. The van der Waals surface area contributed by atoms with Gasteiger partial charge >= 0.3 is 5.97 Å². The second-order valence-electron chi connectivity index (χ2n) is 6.43. The predicted molar refractivity (Wildman–Crippen MR) is 120 cm³/mol. The van der Waals surface area contributed by atoms with E-state index in [0.717, 1.165) is 20.1 Å². The van der Waals surface area contributed by atoms with Gasteiger partial charge in [0, 0.05) is 20.4 Å². The molecule has 0 saturated carbocycles. The van der Waals surface area contributed by atoms with Gasteiger partial charge in [0.15, 0.2) is 0 Å². The zero-order valence-electron chi connectivity index (χ0n) is 15.6. The lowest BCUT2D eigenvalue weighted by atomic mass is 9.84. The van der Waals surface area contributed by atoms with E-state index in [-0.39, 0.29) is 5.91 Å². The molecular formula is C23H19Br2NO3. The number of carbonyl (C=O) groups is 2. The van der Waals surface area contributed by atoms with Crippen LogP contribution in [-0.2, 0) is 9.53 Å². The van der Waals surface area contributed by atoms with Gasteiger partial charge in [0.1, 0.15) is 6.04 Å². The highest BCUT2D eigenvalue weighted by atomic mass is 79.9. The lowest BCUT2D eigenvalue weighted by molar-refractivity contribution is -0.143. The zero-order chi connectivity index (χ0) is 20.8. The van der Waals surface area contributed by atoms with Crippen molar-refractivity contribution in [1.29, 1.82) is 0 Å². The van der Waals surface area contributed by atoms with Crippen LogP contribution in [-0.4, -0.2) is 25.0 Å². The number of benzene rings is 3. The molecule has 3 aromatic carbocycles. The lowest BCUT2D eigenvalue weighted by Crippen LogP contribution is -2.46. The molecule has 0 aliphatic heterocycles. The quantitative estimate of drug-likeness (QED) is 0.451. The standard InChI is InChI=1S/C23H19Br2NO3/c1-29-23(28)21(26-22(27)17-12-18(24)14-19(25)13-17)20(15-8-4-2-5-9-15)16-10-6-3-7-11-16/h2-14,20-21H,1H3,(H,26,27)/t21-/m0/s1. The van der Waals surface area contributed by atoms with Crippen LogP contribution >= 0.6 is 31.9 Å². The van der Waals surface area contributed by atoms with Gasteiger partial charge in [-0.05, 0) is 29.3 Å². The first-order valence-electron chi connectivity index (χ1n) is 8.94. The van der Waals surface area contributed by atoms with Crippen molar-refractivity contribution in [3.05, 3.63) is 104 Å². The van der Waals surface area contributed by atoms with Gasteiger partial charge in [-0.2, -0.15) is 0 Å². The van der Waals surface area contributed by atoms with E-state index in [9.17, 15) is 9.59 Å². The van der Waals surface area contributed by atoms with Crippen molar-refractivity contribution in [2.45, 2.75) is 12.0 Å². The molecule has 6 heteroatoms. The molecule has 29 heavy (non-hydrogen) atoms. The molecule has 3 aromatic rings. The summed E-state index contributed by atoms with van der Waals surface area (Å²) in [6.45, 7) is 0. The third-order valence-electron chi connectivity index (χ3n) is 4.52. The van der Waals surface area contributed by atoms with Crippen LogP contribution in [0.4, 0.5) is 0 Å². The van der Waals surface area contributed by atoms with Crippen molar-refractivity contribution in [1.82, 2.24) is 5.32 Å². The second kappa shape index (κ2) is 9.85. The second-order valence-corrected chi connectivity index (χ2v) is 8.26. The Labute approximate surface area is 186 Å². The van der Waals surface area contributed by atoms with E-state index >= 15 is 0 Å². The number of rotatable bonds is 6. The first kappa shape index (κ1) is 21.3. The number of carbonyl (C=O) groups excluding carboxylic acids is 2. The largest absolute Gasteiger partial charge is 0.467 e. The average molecular weight is 517 g/mol. The Morgan fingerprint density at radius 2 is 1.31 bits per heavy atom. The minimum atomic E-state index is -0.893. The van der Waals surface area contributed by atoms with Gasteiger partial charge in [-0.15, -0.1) is 0 Å². The Balaban J connectivity index is 2.02. The summed E-state index contributed by atoms with van der Waals surface area (Å²) in [6, 6.07) is 23.6. The molecule has 0 heterocycles. The van der Waals surface area contributed by atoms with Crippen molar-refractivity contribution in [3.63, 3.8) is 0 Å². The average Bonchev–Trinajstić information content (AvgIpc) is 2.73. The molecule has 0 aliphatic carbocycles. The van der Waals surface area contributed by atoms with Gasteiger partial charge in [0.05, 0.1) is 7.11 Å². The van der Waals surface area contributed by atoms with Crippen LogP contribution in [0.1, 0.15) is 27.4 Å². The third kappa shape index (κ3) is 5.34. The maximum atomic E-state index is 13.0. The molecule has 3 rings (SSSR count). The van der Waals surface area contributed by atoms with E-state index < -0.39 is 17.9 Å². The first-order valence-corrected chi connectivity index (χ1v) is 10.5. The molecular weight excluding hydrogens is 498 g/mol. The number of esters is 1. The first-order chi connectivity index (χ1) is 14.0. The number of amides is 1. The molecule has 0 radical (unpaired) electrons. The van der Waals surface area contributed by atoms with Crippen LogP contribution in [0.3, 0.4) is 0 Å². The smallest absolute Gasteiger partial charge is 0.329 e. The zero-order valence-corrected chi connectivity index (χ0v) is 18.8. The molecule has 0 unspecified atom stereocenters. The van der Waals surface area contributed by atoms with Gasteiger partial charge in [0.25, 0.3) is 5.91 Å². The minimum Gasteiger partial charge on any atom is -0.467 e. The van der Waals surface area contributed by atoms with Crippen LogP contribution in [0.25, 0.3) is 0 Å². The van der Waals surface area contributed by atoms with Crippen LogP contribution < -0.4 is 5.32 Å². The van der Waals surface area contributed by atoms with Crippen LogP contribution in [0.15, 0.2) is 87.8 Å². The Morgan fingerprint density at radius 3 is 1.76 bits per heavy atom. The van der Waals surface area contributed by atoms with E-state index in [1.807, 2.05) is 66.7 Å². The molecule has 1 amide bonds. The van der Waals surface area contributed by atoms with E-state index in [2.05, 4.69) is 37.2 Å². The summed E-state index contributed by atoms with van der Waals surface area (Å²) >= 11 is 6.78. The van der Waals surface area contributed by atoms with Gasteiger partial charge in [-0.3, -0.25) is 4.79 Å². The fourth-order valence-corrected chi connectivity index (χ4v) is 4.51. The molecule has 148 valence electrons. The van der Waals surface area contributed by atoms with E-state index in [0.29, 0.717) is 5.56 Å². The van der Waals surface area contributed by atoms with Crippen LogP contribution in [0.5, 0.6) is 0 Å². The maximum Gasteiger partial charge on any atom is 0.329 e. The number of halogens is 2. The normalized spacial score (nSPS) is 11.7. The van der Waals surface area contributed by atoms with Crippen LogP contribution in [0, 0.1) is 0 Å². The molecule has 0 aliphatic rings. The Hall–Kier alpha value is -2.44. The number of methoxy groups -OCH3 is 1. The molecule has 0 aromatic heterocycles. The molecule has 4 nitrogen and oxygen atoms in total. The number of ether oxygens (including phenoxy) is 1. The number of hydrogen-bond donors (Lipinski definition) is 1. The van der Waals surface area contributed by atoms with Gasteiger partial charge in [-0.25, -0.2) is 4.79 Å². The summed E-state index contributed by atoms with van der Waals surface area (Å²) < 4.78 is 6.57. The topological polar surface area (TPSA) is 55.4 Å². The summed E-state index contributed by atoms with van der Waals surface area (Å²) in [4.78, 5) is 25.7. The minimum absolute atomic E-state index is 0.362. The molecule has 0 bridgehead atoms. The third-order valence-corrected chi connectivity index (χ3v) is 5.43. The van der Waals surface area contributed by atoms with Crippen molar-refractivity contribution in [2.75, 3.05) is 7.11 Å². The van der Waals surface area contributed by atoms with Crippen LogP contribution in [0.2, 0.25) is 0 Å². The highest BCUT2D eigenvalue weighted by Gasteiger charge is 2.33. The Bertz CT molecular complexity index is 934. The maximum absolute atomic E-state index is 13.0. The van der Waals surface area contributed by atoms with Gasteiger partial charge < -0.3 is 10.1 Å². The van der Waals surface area contributed by atoms with Crippen molar-refractivity contribution in [2.24, 2.45) is 0 Å². The van der Waals surface area contributed by atoms with Gasteiger partial charge in [-0.1, -0.05) is 92.5 Å². The molecule has 0 spiro atoms. The van der Waals surface area contributed by atoms with Crippen molar-refractivity contribution >= 4 is 43.7 Å². The summed E-state index contributed by atoms with van der Waals surface area (Å²) in [5.41, 5.74) is 2.25. The Morgan fingerprint density at radius 1 is 0.828 bits per heavy atom. The summed E-state index contributed by atoms with van der Waals surface area (Å²) in [7, 11) is 1.32. The summed E-state index contributed by atoms with van der Waals surface area (Å²) in [5.74, 6) is -1.27. The van der Waals surface area contributed by atoms with E-state index in [4.69, 9.17) is 4.74 Å². The summed E-state index contributed by atoms with van der Waals surface area (Å²) in [5, 5.41) is 2.88. The van der Waals surface area contributed by atoms with E-state index in [1.54, 1.807) is 12.1 Å². The highest BCUT2D eigenvalue weighted by molar-refractivity contribution is 9.11. The van der Waals surface area contributed by atoms with Gasteiger partial charge in [0.2, 0.25) is 0 Å². The van der Waals surface area contributed by atoms with Crippen molar-refractivity contribution < 1.29 is 14.3 Å². The molecule has 0 saturated heterocycles. The predicted octanol–water partition coefficient (Wildman–Crippen LogP) is 5.32. The monoisotopic (exact) mass is 515 g/mol. The number of hydrogen-bond acceptors (Lipinski definition) is 3. The lowest BCUT2D eigenvalue weighted by Gasteiger charge is -2.27. The van der Waals surface area contributed by atoms with Crippen molar-refractivity contribution in [3.8, 4) is 0 Å².